The van der Waals surface area contributed by atoms with Crippen LogP contribution in [0.1, 0.15) is 53.4 Å². The lowest BCUT2D eigenvalue weighted by Gasteiger charge is -2.31. The number of rotatable bonds is 6. The van der Waals surface area contributed by atoms with Crippen molar-refractivity contribution in [1.29, 1.82) is 0 Å². The summed E-state index contributed by atoms with van der Waals surface area (Å²) in [6.07, 6.45) is 5.27. The molecule has 0 heterocycles. The van der Waals surface area contributed by atoms with Crippen molar-refractivity contribution in [3.05, 3.63) is 0 Å². The highest BCUT2D eigenvalue weighted by molar-refractivity contribution is 5.82. The zero-order valence-corrected chi connectivity index (χ0v) is 15.0. The van der Waals surface area contributed by atoms with Gasteiger partial charge in [-0.2, -0.15) is 0 Å². The first-order valence-electron chi connectivity index (χ1n) is 8.55. The molecular formula is C17H34N4O. The molecule has 5 heteroatoms. The summed E-state index contributed by atoms with van der Waals surface area (Å²) in [5.74, 6) is 2.18. The number of nitrogens with two attached hydrogens (primary N) is 1. The van der Waals surface area contributed by atoms with Gasteiger partial charge < -0.3 is 16.0 Å². The van der Waals surface area contributed by atoms with Gasteiger partial charge in [-0.05, 0) is 45.4 Å². The molecule has 1 aliphatic rings. The Morgan fingerprint density at radius 1 is 1.32 bits per heavy atom. The summed E-state index contributed by atoms with van der Waals surface area (Å²) in [7, 11) is 2.08. The Labute approximate surface area is 135 Å². The molecule has 0 aliphatic heterocycles. The van der Waals surface area contributed by atoms with Crippen LogP contribution < -0.4 is 11.1 Å². The highest BCUT2D eigenvalue weighted by atomic mass is 16.1. The van der Waals surface area contributed by atoms with Gasteiger partial charge in [0.15, 0.2) is 5.96 Å². The molecule has 128 valence electrons. The molecule has 3 N–H and O–H groups in total. The van der Waals surface area contributed by atoms with Gasteiger partial charge in [0.05, 0.1) is 12.0 Å². The summed E-state index contributed by atoms with van der Waals surface area (Å²) in [6.45, 7) is 10.3. The number of aliphatic imine (C=N–C) groups is 1. The molecule has 0 unspecified atom stereocenters. The fourth-order valence-electron chi connectivity index (χ4n) is 2.81. The highest BCUT2D eigenvalue weighted by Gasteiger charge is 2.25. The second-order valence-corrected chi connectivity index (χ2v) is 7.42. The first-order valence-corrected chi connectivity index (χ1v) is 8.55. The number of carbonyl (C=O) groups excluding carboxylic acids is 1. The van der Waals surface area contributed by atoms with Crippen molar-refractivity contribution >= 4 is 11.9 Å². The summed E-state index contributed by atoms with van der Waals surface area (Å²) < 4.78 is 0. The number of hydrogen-bond donors (Lipinski definition) is 2. The maximum atomic E-state index is 11.4. The summed E-state index contributed by atoms with van der Waals surface area (Å²) in [5, 5.41) is 3.32. The van der Waals surface area contributed by atoms with E-state index in [1.807, 2.05) is 13.8 Å². The van der Waals surface area contributed by atoms with Crippen LogP contribution in [-0.2, 0) is 4.79 Å². The van der Waals surface area contributed by atoms with Crippen LogP contribution in [0.25, 0.3) is 0 Å². The average molecular weight is 310 g/mol. The number of hydrogen-bond acceptors (Lipinski definition) is 2. The molecule has 0 bridgehead atoms. The van der Waals surface area contributed by atoms with E-state index in [9.17, 15) is 4.79 Å². The van der Waals surface area contributed by atoms with Gasteiger partial charge in [-0.3, -0.25) is 9.79 Å². The van der Waals surface area contributed by atoms with E-state index >= 15 is 0 Å². The number of nitrogens with one attached hydrogen (secondary N) is 1. The van der Waals surface area contributed by atoms with Gasteiger partial charge in [-0.25, -0.2) is 0 Å². The van der Waals surface area contributed by atoms with Crippen LogP contribution in [0.15, 0.2) is 4.99 Å². The Balaban J connectivity index is 2.62. The summed E-state index contributed by atoms with van der Waals surface area (Å²) in [4.78, 5) is 18.2. The second kappa shape index (κ2) is 8.39. The van der Waals surface area contributed by atoms with E-state index < -0.39 is 5.41 Å². The van der Waals surface area contributed by atoms with Gasteiger partial charge >= 0.3 is 0 Å². The zero-order valence-electron chi connectivity index (χ0n) is 15.0. The van der Waals surface area contributed by atoms with Crippen molar-refractivity contribution in [2.75, 3.05) is 26.7 Å². The first kappa shape index (κ1) is 18.8. The fraction of sp³-hybridized carbons (Fsp3) is 0.882. The predicted molar refractivity (Wildman–Crippen MR) is 92.7 cm³/mol. The summed E-state index contributed by atoms with van der Waals surface area (Å²) in [6, 6.07) is 0. The molecular weight excluding hydrogens is 276 g/mol. The Morgan fingerprint density at radius 3 is 2.41 bits per heavy atom. The van der Waals surface area contributed by atoms with Crippen LogP contribution in [0, 0.1) is 17.3 Å². The molecule has 22 heavy (non-hydrogen) atoms. The van der Waals surface area contributed by atoms with Crippen molar-refractivity contribution in [1.82, 2.24) is 10.2 Å². The number of guanidine groups is 1. The van der Waals surface area contributed by atoms with Crippen molar-refractivity contribution < 1.29 is 4.79 Å². The maximum absolute atomic E-state index is 11.4. The van der Waals surface area contributed by atoms with E-state index in [0.717, 1.165) is 30.9 Å². The molecule has 0 saturated heterocycles. The molecule has 1 fully saturated rings. The molecule has 0 atom stereocenters. The van der Waals surface area contributed by atoms with Gasteiger partial charge in [0.1, 0.15) is 0 Å². The Morgan fingerprint density at radius 2 is 1.91 bits per heavy atom. The lowest BCUT2D eigenvalue weighted by molar-refractivity contribution is -0.125. The van der Waals surface area contributed by atoms with E-state index in [2.05, 4.69) is 36.1 Å². The normalized spacial score (nSPS) is 23.2. The third-order valence-corrected chi connectivity index (χ3v) is 4.66. The van der Waals surface area contributed by atoms with E-state index in [4.69, 9.17) is 5.73 Å². The second-order valence-electron chi connectivity index (χ2n) is 7.42. The smallest absolute Gasteiger partial charge is 0.224 e. The minimum Gasteiger partial charge on any atom is -0.369 e. The molecule has 5 nitrogen and oxygen atoms in total. The standard InChI is InChI=1S/C17H34N4O/c1-6-19-16(20-12-17(3,4)15(18)22)21(5)11-14-9-7-13(2)8-10-14/h13-14H,6-12H2,1-5H3,(H2,18,22)(H,19,20). The Bertz CT molecular complexity index is 384. The van der Waals surface area contributed by atoms with E-state index in [1.165, 1.54) is 25.7 Å². The SMILES string of the molecule is CCNC(=NCC(C)(C)C(N)=O)N(C)CC1CCC(C)CC1. The molecule has 1 saturated carbocycles. The van der Waals surface area contributed by atoms with E-state index in [0.29, 0.717) is 6.54 Å². The van der Waals surface area contributed by atoms with E-state index in [-0.39, 0.29) is 5.91 Å². The van der Waals surface area contributed by atoms with Crippen LogP contribution in [0.3, 0.4) is 0 Å². The summed E-state index contributed by atoms with van der Waals surface area (Å²) in [5.41, 5.74) is 4.82. The minimum atomic E-state index is -0.609. The third-order valence-electron chi connectivity index (χ3n) is 4.66. The largest absolute Gasteiger partial charge is 0.369 e. The van der Waals surface area contributed by atoms with Crippen LogP contribution in [-0.4, -0.2) is 43.4 Å². The van der Waals surface area contributed by atoms with Gasteiger partial charge in [-0.15, -0.1) is 0 Å². The van der Waals surface area contributed by atoms with Gasteiger partial charge in [0.2, 0.25) is 5.91 Å². The topological polar surface area (TPSA) is 70.7 Å². The van der Waals surface area contributed by atoms with Crippen molar-refractivity contribution in [2.45, 2.75) is 53.4 Å². The van der Waals surface area contributed by atoms with E-state index in [1.54, 1.807) is 0 Å². The quantitative estimate of drug-likeness (QED) is 0.584. The highest BCUT2D eigenvalue weighted by Crippen LogP contribution is 2.28. The Hall–Kier alpha value is -1.26. The Kier molecular flexibility index (Phi) is 7.17. The number of amides is 1. The first-order chi connectivity index (χ1) is 10.3. The van der Waals surface area contributed by atoms with Crippen LogP contribution >= 0.6 is 0 Å². The lowest BCUT2D eigenvalue weighted by atomic mass is 9.83. The van der Waals surface area contributed by atoms with Gasteiger partial charge in [0, 0.05) is 20.1 Å². The molecule has 0 aromatic rings. The minimum absolute atomic E-state index is 0.309. The lowest BCUT2D eigenvalue weighted by Crippen LogP contribution is -2.43. The molecule has 0 radical (unpaired) electrons. The maximum Gasteiger partial charge on any atom is 0.224 e. The van der Waals surface area contributed by atoms with Gasteiger partial charge in [0.25, 0.3) is 0 Å². The molecule has 0 spiro atoms. The zero-order chi connectivity index (χ0) is 16.8. The summed E-state index contributed by atoms with van der Waals surface area (Å²) >= 11 is 0. The van der Waals surface area contributed by atoms with Crippen LogP contribution in [0.2, 0.25) is 0 Å². The molecule has 1 rings (SSSR count). The molecule has 0 aromatic heterocycles. The fourth-order valence-corrected chi connectivity index (χ4v) is 2.81. The van der Waals surface area contributed by atoms with Crippen LogP contribution in [0.5, 0.6) is 0 Å². The van der Waals surface area contributed by atoms with Crippen LogP contribution in [0.4, 0.5) is 0 Å². The van der Waals surface area contributed by atoms with Crippen molar-refractivity contribution in [3.63, 3.8) is 0 Å². The van der Waals surface area contributed by atoms with Crippen molar-refractivity contribution in [3.8, 4) is 0 Å². The monoisotopic (exact) mass is 310 g/mol. The third kappa shape index (κ3) is 5.85. The number of nitrogens with zero attached hydrogens (tertiary/aromatic N) is 2. The number of primary amides is 1. The average Bonchev–Trinajstić information content (AvgIpc) is 2.45. The number of carbonyl (C=O) groups is 1. The van der Waals surface area contributed by atoms with Gasteiger partial charge in [-0.1, -0.05) is 19.8 Å². The molecule has 1 amide bonds. The molecule has 0 aromatic carbocycles. The molecule has 1 aliphatic carbocycles. The predicted octanol–water partition coefficient (Wildman–Crippen LogP) is 2.22. The van der Waals surface area contributed by atoms with Crippen molar-refractivity contribution in [2.24, 2.45) is 28.0 Å².